The Hall–Kier alpha value is -2.08. The van der Waals surface area contributed by atoms with E-state index in [4.69, 9.17) is 0 Å². The monoisotopic (exact) mass is 351 g/mol. The molecule has 1 amide bonds. The molecule has 128 valence electrons. The minimum absolute atomic E-state index is 0.0496. The number of Topliss-reactive ketones (excluding diaryl/α,β-unsaturated/α-hetero) is 1. The zero-order valence-electron chi connectivity index (χ0n) is 13.9. The van der Waals surface area contributed by atoms with Gasteiger partial charge >= 0.3 is 0 Å². The van der Waals surface area contributed by atoms with Crippen molar-refractivity contribution in [3.8, 4) is 0 Å². The first-order chi connectivity index (χ1) is 11.3. The highest BCUT2D eigenvalue weighted by Crippen LogP contribution is 2.22. The third-order valence-corrected chi connectivity index (χ3v) is 4.70. The maximum Gasteiger partial charge on any atom is 0.223 e. The number of aryl methyl sites for hydroxylation is 2. The van der Waals surface area contributed by atoms with Gasteiger partial charge < -0.3 is 4.90 Å². The fourth-order valence-corrected chi connectivity index (χ4v) is 3.40. The van der Waals surface area contributed by atoms with Crippen LogP contribution in [-0.2, 0) is 11.3 Å². The van der Waals surface area contributed by atoms with Crippen molar-refractivity contribution in [3.63, 3.8) is 0 Å². The number of nitrogens with zero attached hydrogens (tertiary/aromatic N) is 1. The minimum atomic E-state index is -0.938. The first kappa shape index (κ1) is 18.3. The van der Waals surface area contributed by atoms with Gasteiger partial charge in [-0.05, 0) is 37.6 Å². The molecule has 3 nitrogen and oxygen atoms in total. The lowest BCUT2D eigenvalue weighted by molar-refractivity contribution is -0.130. The standard InChI is InChI=1S/C18H19F2NO2S/c1-11-8-14(12(2)24-11)17(22)6-7-18(23)21(3)10-13-4-5-15(19)16(20)9-13/h4-5,8-9H,6-7,10H2,1-3H3. The number of amides is 1. The SMILES string of the molecule is Cc1cc(C(=O)CCC(=O)N(C)Cc2ccc(F)c(F)c2)c(C)s1. The van der Waals surface area contributed by atoms with Crippen LogP contribution in [0.3, 0.4) is 0 Å². The van der Waals surface area contributed by atoms with Crippen LogP contribution in [-0.4, -0.2) is 23.6 Å². The second-order valence-electron chi connectivity index (χ2n) is 5.75. The van der Waals surface area contributed by atoms with Gasteiger partial charge in [0.1, 0.15) is 0 Å². The fourth-order valence-electron chi connectivity index (χ4n) is 2.45. The van der Waals surface area contributed by atoms with Crippen LogP contribution in [0.5, 0.6) is 0 Å². The van der Waals surface area contributed by atoms with Crippen molar-refractivity contribution in [1.29, 1.82) is 0 Å². The molecule has 1 aromatic carbocycles. The van der Waals surface area contributed by atoms with Crippen molar-refractivity contribution in [2.24, 2.45) is 0 Å². The minimum Gasteiger partial charge on any atom is -0.341 e. The number of thiophene rings is 1. The van der Waals surface area contributed by atoms with Crippen molar-refractivity contribution in [2.45, 2.75) is 33.2 Å². The molecule has 0 aliphatic carbocycles. The Morgan fingerprint density at radius 1 is 1.08 bits per heavy atom. The number of halogens is 2. The highest BCUT2D eigenvalue weighted by Gasteiger charge is 2.16. The summed E-state index contributed by atoms with van der Waals surface area (Å²) in [5.74, 6) is -2.12. The molecule has 0 spiro atoms. The molecule has 0 saturated heterocycles. The average molecular weight is 351 g/mol. The Labute approximate surface area is 143 Å². The second kappa shape index (κ2) is 7.66. The highest BCUT2D eigenvalue weighted by molar-refractivity contribution is 7.12. The Morgan fingerprint density at radius 2 is 1.79 bits per heavy atom. The molecular formula is C18H19F2NO2S. The predicted octanol–water partition coefficient (Wildman–Crippen LogP) is 4.26. The summed E-state index contributed by atoms with van der Waals surface area (Å²) in [6.07, 6.45) is 0.227. The van der Waals surface area contributed by atoms with Crippen molar-refractivity contribution in [1.82, 2.24) is 4.90 Å². The molecule has 0 atom stereocenters. The molecule has 2 rings (SSSR count). The topological polar surface area (TPSA) is 37.4 Å². The quantitative estimate of drug-likeness (QED) is 0.729. The van der Waals surface area contributed by atoms with Gasteiger partial charge in [0.05, 0.1) is 0 Å². The van der Waals surface area contributed by atoms with Crippen molar-refractivity contribution in [2.75, 3.05) is 7.05 Å². The Bertz CT molecular complexity index is 770. The lowest BCUT2D eigenvalue weighted by Crippen LogP contribution is -2.26. The van der Waals surface area contributed by atoms with Gasteiger partial charge in [0, 0.05) is 41.8 Å². The molecule has 0 fully saturated rings. The Balaban J connectivity index is 1.90. The van der Waals surface area contributed by atoms with E-state index in [2.05, 4.69) is 0 Å². The first-order valence-corrected chi connectivity index (χ1v) is 8.37. The molecule has 0 aliphatic heterocycles. The van der Waals surface area contributed by atoms with Crippen LogP contribution in [0.2, 0.25) is 0 Å². The highest BCUT2D eigenvalue weighted by atomic mass is 32.1. The van der Waals surface area contributed by atoms with E-state index >= 15 is 0 Å². The molecule has 0 saturated carbocycles. The summed E-state index contributed by atoms with van der Waals surface area (Å²) in [5.41, 5.74) is 1.17. The third-order valence-electron chi connectivity index (χ3n) is 3.74. The Morgan fingerprint density at radius 3 is 2.38 bits per heavy atom. The van der Waals surface area contributed by atoms with Crippen LogP contribution >= 0.6 is 11.3 Å². The van der Waals surface area contributed by atoms with Gasteiger partial charge in [0.2, 0.25) is 5.91 Å². The van der Waals surface area contributed by atoms with Crippen LogP contribution in [0.4, 0.5) is 8.78 Å². The summed E-state index contributed by atoms with van der Waals surface area (Å²) in [6.45, 7) is 4.00. The van der Waals surface area contributed by atoms with Crippen LogP contribution in [0.1, 0.15) is 38.5 Å². The summed E-state index contributed by atoms with van der Waals surface area (Å²) in [5, 5.41) is 0. The predicted molar refractivity (Wildman–Crippen MR) is 90.2 cm³/mol. The molecular weight excluding hydrogens is 332 g/mol. The summed E-state index contributed by atoms with van der Waals surface area (Å²) < 4.78 is 26.1. The number of hydrogen-bond donors (Lipinski definition) is 0. The number of ketones is 1. The lowest BCUT2D eigenvalue weighted by atomic mass is 10.1. The van der Waals surface area contributed by atoms with Gasteiger partial charge in [-0.25, -0.2) is 8.78 Å². The van der Waals surface area contributed by atoms with Gasteiger partial charge in [0.25, 0.3) is 0 Å². The lowest BCUT2D eigenvalue weighted by Gasteiger charge is -2.17. The summed E-state index contributed by atoms with van der Waals surface area (Å²) in [7, 11) is 1.58. The first-order valence-electron chi connectivity index (χ1n) is 7.56. The van der Waals surface area contributed by atoms with E-state index in [1.165, 1.54) is 11.0 Å². The smallest absolute Gasteiger partial charge is 0.223 e. The van der Waals surface area contributed by atoms with Gasteiger partial charge in [-0.3, -0.25) is 9.59 Å². The Kier molecular flexibility index (Phi) is 5.83. The zero-order chi connectivity index (χ0) is 17.9. The molecule has 6 heteroatoms. The van der Waals surface area contributed by atoms with E-state index in [-0.39, 0.29) is 31.1 Å². The van der Waals surface area contributed by atoms with Crippen LogP contribution in [0.15, 0.2) is 24.3 Å². The van der Waals surface area contributed by atoms with Gasteiger partial charge in [0.15, 0.2) is 17.4 Å². The van der Waals surface area contributed by atoms with E-state index in [1.807, 2.05) is 19.9 Å². The van der Waals surface area contributed by atoms with E-state index in [1.54, 1.807) is 18.4 Å². The number of benzene rings is 1. The van der Waals surface area contributed by atoms with Crippen LogP contribution < -0.4 is 0 Å². The molecule has 1 aromatic heterocycles. The zero-order valence-corrected chi connectivity index (χ0v) is 14.7. The fraction of sp³-hybridized carbons (Fsp3) is 0.333. The normalized spacial score (nSPS) is 10.7. The van der Waals surface area contributed by atoms with Gasteiger partial charge in [-0.15, -0.1) is 11.3 Å². The summed E-state index contributed by atoms with van der Waals surface area (Å²) in [6, 6.07) is 5.39. The molecule has 0 bridgehead atoms. The van der Waals surface area contributed by atoms with Gasteiger partial charge in [-0.1, -0.05) is 6.07 Å². The van der Waals surface area contributed by atoms with E-state index in [0.717, 1.165) is 21.9 Å². The van der Waals surface area contributed by atoms with Crippen LogP contribution in [0, 0.1) is 25.5 Å². The van der Waals surface area contributed by atoms with E-state index in [0.29, 0.717) is 11.1 Å². The molecule has 0 N–H and O–H groups in total. The molecule has 0 unspecified atom stereocenters. The van der Waals surface area contributed by atoms with Gasteiger partial charge in [-0.2, -0.15) is 0 Å². The maximum absolute atomic E-state index is 13.2. The number of carbonyl (C=O) groups excluding carboxylic acids is 2. The summed E-state index contributed by atoms with van der Waals surface area (Å²) >= 11 is 1.56. The van der Waals surface area contributed by atoms with E-state index < -0.39 is 11.6 Å². The largest absolute Gasteiger partial charge is 0.341 e. The summed E-state index contributed by atoms with van der Waals surface area (Å²) in [4.78, 5) is 27.8. The maximum atomic E-state index is 13.2. The average Bonchev–Trinajstić information content (AvgIpc) is 2.86. The number of carbonyl (C=O) groups is 2. The molecule has 0 radical (unpaired) electrons. The van der Waals surface area contributed by atoms with Crippen molar-refractivity contribution < 1.29 is 18.4 Å². The van der Waals surface area contributed by atoms with Crippen LogP contribution in [0.25, 0.3) is 0 Å². The second-order valence-corrected chi connectivity index (χ2v) is 7.21. The van der Waals surface area contributed by atoms with Crippen molar-refractivity contribution >= 4 is 23.0 Å². The van der Waals surface area contributed by atoms with E-state index in [9.17, 15) is 18.4 Å². The molecule has 24 heavy (non-hydrogen) atoms. The molecule has 0 aliphatic rings. The molecule has 1 heterocycles. The number of rotatable bonds is 6. The number of hydrogen-bond acceptors (Lipinski definition) is 3. The van der Waals surface area contributed by atoms with Crippen molar-refractivity contribution in [3.05, 3.63) is 56.8 Å². The molecule has 2 aromatic rings. The third kappa shape index (κ3) is 4.47.